The lowest BCUT2D eigenvalue weighted by atomic mass is 10.0. The van der Waals surface area contributed by atoms with Gasteiger partial charge in [-0.3, -0.25) is 14.6 Å². The molecular formula is C16H16N2O2S. The quantitative estimate of drug-likeness (QED) is 0.920. The number of rotatable bonds is 5. The summed E-state index contributed by atoms with van der Waals surface area (Å²) in [7, 11) is 0. The molecule has 2 rings (SSSR count). The third-order valence-electron chi connectivity index (χ3n) is 2.96. The van der Waals surface area contributed by atoms with E-state index in [4.69, 9.17) is 5.73 Å². The van der Waals surface area contributed by atoms with Crippen molar-refractivity contribution in [3.63, 3.8) is 0 Å². The van der Waals surface area contributed by atoms with Crippen LogP contribution in [0.2, 0.25) is 0 Å². The van der Waals surface area contributed by atoms with Crippen LogP contribution in [0.15, 0.2) is 48.7 Å². The van der Waals surface area contributed by atoms with Crippen LogP contribution in [0.3, 0.4) is 0 Å². The van der Waals surface area contributed by atoms with Crippen LogP contribution >= 0.6 is 11.8 Å². The van der Waals surface area contributed by atoms with Gasteiger partial charge in [0.1, 0.15) is 0 Å². The molecule has 0 aliphatic carbocycles. The molecule has 21 heavy (non-hydrogen) atoms. The van der Waals surface area contributed by atoms with Crippen molar-refractivity contribution in [1.82, 2.24) is 4.98 Å². The predicted octanol–water partition coefficient (Wildman–Crippen LogP) is 2.42. The first-order valence-corrected chi connectivity index (χ1v) is 7.41. The number of thioether (sulfide) groups is 1. The average molecular weight is 300 g/mol. The number of carbonyl (C=O) groups is 2. The SMILES string of the molecule is CC(=O)SC(Cc1ccc(-c2ccccn2)cc1)C(N)=O. The van der Waals surface area contributed by atoms with Gasteiger partial charge in [-0.05, 0) is 24.1 Å². The van der Waals surface area contributed by atoms with Crippen LogP contribution in [0.4, 0.5) is 0 Å². The fourth-order valence-corrected chi connectivity index (χ4v) is 2.75. The van der Waals surface area contributed by atoms with E-state index < -0.39 is 11.2 Å². The van der Waals surface area contributed by atoms with Gasteiger partial charge in [-0.25, -0.2) is 0 Å². The van der Waals surface area contributed by atoms with E-state index in [2.05, 4.69) is 4.98 Å². The van der Waals surface area contributed by atoms with Gasteiger partial charge in [-0.1, -0.05) is 42.1 Å². The molecule has 4 nitrogen and oxygen atoms in total. The Hall–Kier alpha value is -2.14. The number of hydrogen-bond donors (Lipinski definition) is 1. The predicted molar refractivity (Wildman–Crippen MR) is 84.6 cm³/mol. The number of primary amides is 1. The number of aromatic nitrogens is 1. The lowest BCUT2D eigenvalue weighted by Gasteiger charge is -2.11. The minimum absolute atomic E-state index is 0.107. The second-order valence-corrected chi connectivity index (χ2v) is 6.00. The lowest BCUT2D eigenvalue weighted by Crippen LogP contribution is -2.28. The lowest BCUT2D eigenvalue weighted by molar-refractivity contribution is -0.118. The van der Waals surface area contributed by atoms with Crippen molar-refractivity contribution in [2.45, 2.75) is 18.6 Å². The summed E-state index contributed by atoms with van der Waals surface area (Å²) in [6.45, 7) is 1.44. The number of nitrogens with zero attached hydrogens (tertiary/aromatic N) is 1. The number of carbonyl (C=O) groups excluding carboxylic acids is 2. The molecule has 0 fully saturated rings. The molecular weight excluding hydrogens is 284 g/mol. The van der Waals surface area contributed by atoms with Crippen molar-refractivity contribution in [3.05, 3.63) is 54.2 Å². The van der Waals surface area contributed by atoms with Crippen LogP contribution in [0, 0.1) is 0 Å². The van der Waals surface area contributed by atoms with Gasteiger partial charge in [0.25, 0.3) is 0 Å². The third-order valence-corrected chi connectivity index (χ3v) is 3.98. The number of amides is 1. The molecule has 0 aliphatic heterocycles. The van der Waals surface area contributed by atoms with E-state index in [-0.39, 0.29) is 5.12 Å². The number of hydrogen-bond acceptors (Lipinski definition) is 4. The van der Waals surface area contributed by atoms with Crippen LogP contribution in [0.5, 0.6) is 0 Å². The standard InChI is InChI=1S/C16H16N2O2S/c1-11(19)21-15(16(17)20)10-12-5-7-13(8-6-12)14-4-2-3-9-18-14/h2-9,15H,10H2,1H3,(H2,17,20). The Morgan fingerprint density at radius 2 is 1.90 bits per heavy atom. The average Bonchev–Trinajstić information content (AvgIpc) is 2.48. The van der Waals surface area contributed by atoms with E-state index in [0.717, 1.165) is 28.6 Å². The Bertz CT molecular complexity index is 626. The molecule has 1 aromatic heterocycles. The molecule has 1 amide bonds. The molecule has 0 bridgehead atoms. The van der Waals surface area contributed by atoms with Crippen molar-refractivity contribution in [1.29, 1.82) is 0 Å². The van der Waals surface area contributed by atoms with Crippen molar-refractivity contribution in [3.8, 4) is 11.3 Å². The molecule has 0 spiro atoms. The summed E-state index contributed by atoms with van der Waals surface area (Å²) in [5.41, 5.74) is 8.20. The molecule has 5 heteroatoms. The number of benzene rings is 1. The summed E-state index contributed by atoms with van der Waals surface area (Å²) in [6, 6.07) is 13.5. The molecule has 0 aliphatic rings. The molecule has 1 atom stereocenters. The molecule has 2 aromatic rings. The number of pyridine rings is 1. The molecule has 0 radical (unpaired) electrons. The summed E-state index contributed by atoms with van der Waals surface area (Å²) in [5, 5.41) is -0.632. The van der Waals surface area contributed by atoms with Crippen LogP contribution in [0.1, 0.15) is 12.5 Å². The monoisotopic (exact) mass is 300 g/mol. The molecule has 108 valence electrons. The first-order chi connectivity index (χ1) is 10.1. The molecule has 0 saturated heterocycles. The Labute approximate surface area is 127 Å². The van der Waals surface area contributed by atoms with E-state index in [0.29, 0.717) is 6.42 Å². The van der Waals surface area contributed by atoms with Crippen molar-refractivity contribution < 1.29 is 9.59 Å². The molecule has 1 heterocycles. The van der Waals surface area contributed by atoms with Crippen LogP contribution in [-0.2, 0) is 16.0 Å². The Balaban J connectivity index is 2.11. The Kier molecular flexibility index (Phi) is 5.11. The first kappa shape index (κ1) is 15.3. The Morgan fingerprint density at radius 3 is 2.43 bits per heavy atom. The van der Waals surface area contributed by atoms with Crippen LogP contribution in [0.25, 0.3) is 11.3 Å². The highest BCUT2D eigenvalue weighted by molar-refractivity contribution is 8.14. The van der Waals surface area contributed by atoms with Gasteiger partial charge in [0.15, 0.2) is 5.12 Å². The highest BCUT2D eigenvalue weighted by Crippen LogP contribution is 2.21. The van der Waals surface area contributed by atoms with Gasteiger partial charge < -0.3 is 5.73 Å². The van der Waals surface area contributed by atoms with E-state index in [1.165, 1.54) is 6.92 Å². The zero-order chi connectivity index (χ0) is 15.2. The molecule has 0 saturated carbocycles. The second-order valence-electron chi connectivity index (χ2n) is 4.62. The van der Waals surface area contributed by atoms with Crippen molar-refractivity contribution in [2.75, 3.05) is 0 Å². The second kappa shape index (κ2) is 7.04. The van der Waals surface area contributed by atoms with Gasteiger partial charge in [0.2, 0.25) is 5.91 Å². The largest absolute Gasteiger partial charge is 0.369 e. The van der Waals surface area contributed by atoms with Gasteiger partial charge in [-0.2, -0.15) is 0 Å². The summed E-state index contributed by atoms with van der Waals surface area (Å²) in [4.78, 5) is 26.8. The van der Waals surface area contributed by atoms with Gasteiger partial charge in [-0.15, -0.1) is 0 Å². The summed E-state index contributed by atoms with van der Waals surface area (Å²) in [5.74, 6) is -0.469. The van der Waals surface area contributed by atoms with Crippen molar-refractivity contribution in [2.24, 2.45) is 5.73 Å². The molecule has 2 N–H and O–H groups in total. The Morgan fingerprint density at radius 1 is 1.19 bits per heavy atom. The van der Waals surface area contributed by atoms with E-state index in [1.807, 2.05) is 42.5 Å². The minimum atomic E-state index is -0.525. The van der Waals surface area contributed by atoms with Gasteiger partial charge in [0.05, 0.1) is 10.9 Å². The summed E-state index contributed by atoms with van der Waals surface area (Å²) in [6.07, 6.45) is 2.19. The highest BCUT2D eigenvalue weighted by Gasteiger charge is 2.18. The smallest absolute Gasteiger partial charge is 0.231 e. The van der Waals surface area contributed by atoms with E-state index in [1.54, 1.807) is 6.20 Å². The molecule has 1 unspecified atom stereocenters. The zero-order valence-electron chi connectivity index (χ0n) is 11.7. The maximum atomic E-state index is 11.4. The summed E-state index contributed by atoms with van der Waals surface area (Å²) < 4.78 is 0. The third kappa shape index (κ3) is 4.43. The maximum absolute atomic E-state index is 11.4. The van der Waals surface area contributed by atoms with Crippen LogP contribution < -0.4 is 5.73 Å². The number of nitrogens with two attached hydrogens (primary N) is 1. The van der Waals surface area contributed by atoms with Gasteiger partial charge in [0, 0.05) is 18.7 Å². The topological polar surface area (TPSA) is 73.1 Å². The fraction of sp³-hybridized carbons (Fsp3) is 0.188. The summed E-state index contributed by atoms with van der Waals surface area (Å²) >= 11 is 0.977. The van der Waals surface area contributed by atoms with Gasteiger partial charge >= 0.3 is 0 Å². The molecule has 1 aromatic carbocycles. The van der Waals surface area contributed by atoms with E-state index in [9.17, 15) is 9.59 Å². The minimum Gasteiger partial charge on any atom is -0.369 e. The highest BCUT2D eigenvalue weighted by atomic mass is 32.2. The normalized spacial score (nSPS) is 11.9. The zero-order valence-corrected chi connectivity index (χ0v) is 12.5. The van der Waals surface area contributed by atoms with Crippen molar-refractivity contribution >= 4 is 22.8 Å². The maximum Gasteiger partial charge on any atom is 0.231 e. The first-order valence-electron chi connectivity index (χ1n) is 6.53. The fourth-order valence-electron chi connectivity index (χ4n) is 1.96. The van der Waals surface area contributed by atoms with Crippen LogP contribution in [-0.4, -0.2) is 21.3 Å². The van der Waals surface area contributed by atoms with E-state index >= 15 is 0 Å².